The number of nitrogens with zero attached hydrogens (tertiary/aromatic N) is 2. The molecule has 4 rings (SSSR count). The monoisotopic (exact) mass is 399 g/mol. The predicted molar refractivity (Wildman–Crippen MR) is 120 cm³/mol. The summed E-state index contributed by atoms with van der Waals surface area (Å²) < 4.78 is 0. The molecule has 0 saturated carbocycles. The number of rotatable bonds is 3. The van der Waals surface area contributed by atoms with Gasteiger partial charge in [-0.2, -0.15) is 0 Å². The Hall–Kier alpha value is -3.60. The van der Waals surface area contributed by atoms with E-state index < -0.39 is 0 Å². The molecule has 0 unspecified atom stereocenters. The Bertz CT molecular complexity index is 1080. The number of carbonyl (C=O) groups is 2. The largest absolute Gasteiger partial charge is 0.373 e. The van der Waals surface area contributed by atoms with Gasteiger partial charge in [0.2, 0.25) is 0 Å². The summed E-state index contributed by atoms with van der Waals surface area (Å²) >= 11 is 0. The molecule has 0 aliphatic carbocycles. The van der Waals surface area contributed by atoms with Gasteiger partial charge in [0, 0.05) is 49.2 Å². The van der Waals surface area contributed by atoms with Gasteiger partial charge in [-0.25, -0.2) is 0 Å². The van der Waals surface area contributed by atoms with Crippen LogP contribution in [0.1, 0.15) is 31.8 Å². The lowest BCUT2D eigenvalue weighted by atomic mass is 10.1. The zero-order valence-electron chi connectivity index (χ0n) is 17.3. The van der Waals surface area contributed by atoms with E-state index in [1.807, 2.05) is 54.3 Å². The second kappa shape index (κ2) is 8.41. The van der Waals surface area contributed by atoms with Crippen LogP contribution in [0.5, 0.6) is 0 Å². The number of carbonyl (C=O) groups excluding carboxylic acids is 2. The van der Waals surface area contributed by atoms with Crippen LogP contribution in [0.15, 0.2) is 72.8 Å². The SMILES string of the molecule is Cc1ccc(C(=O)N2CCN(C)c3ccccc3C2)cc1NC(=O)c1ccccc1. The van der Waals surface area contributed by atoms with Crippen molar-refractivity contribution < 1.29 is 9.59 Å². The normalized spacial score (nSPS) is 13.4. The first-order valence-electron chi connectivity index (χ1n) is 10.1. The van der Waals surface area contributed by atoms with Crippen molar-refractivity contribution >= 4 is 23.2 Å². The van der Waals surface area contributed by atoms with Crippen LogP contribution >= 0.6 is 0 Å². The van der Waals surface area contributed by atoms with E-state index >= 15 is 0 Å². The summed E-state index contributed by atoms with van der Waals surface area (Å²) in [5, 5.41) is 2.94. The predicted octanol–water partition coefficient (Wildman–Crippen LogP) is 4.34. The highest BCUT2D eigenvalue weighted by Gasteiger charge is 2.22. The highest BCUT2D eigenvalue weighted by atomic mass is 16.2. The number of para-hydroxylation sites is 1. The number of hydrogen-bond acceptors (Lipinski definition) is 3. The van der Waals surface area contributed by atoms with E-state index in [-0.39, 0.29) is 11.8 Å². The molecule has 0 atom stereocenters. The van der Waals surface area contributed by atoms with E-state index in [1.54, 1.807) is 18.2 Å². The molecule has 0 bridgehead atoms. The lowest BCUT2D eigenvalue weighted by molar-refractivity contribution is 0.0751. The molecule has 5 heteroatoms. The third kappa shape index (κ3) is 4.06. The van der Waals surface area contributed by atoms with Crippen LogP contribution in [0, 0.1) is 6.92 Å². The van der Waals surface area contributed by atoms with E-state index in [0.717, 1.165) is 23.4 Å². The zero-order valence-corrected chi connectivity index (χ0v) is 17.3. The van der Waals surface area contributed by atoms with Crippen LogP contribution < -0.4 is 10.2 Å². The first-order valence-corrected chi connectivity index (χ1v) is 10.1. The summed E-state index contributed by atoms with van der Waals surface area (Å²) in [6.45, 7) is 3.90. The minimum Gasteiger partial charge on any atom is -0.373 e. The van der Waals surface area contributed by atoms with Gasteiger partial charge in [-0.3, -0.25) is 9.59 Å². The van der Waals surface area contributed by atoms with Crippen molar-refractivity contribution in [2.75, 3.05) is 30.4 Å². The van der Waals surface area contributed by atoms with Crippen molar-refractivity contribution in [1.82, 2.24) is 4.90 Å². The van der Waals surface area contributed by atoms with Gasteiger partial charge in [0.1, 0.15) is 0 Å². The van der Waals surface area contributed by atoms with Gasteiger partial charge in [-0.15, -0.1) is 0 Å². The minimum absolute atomic E-state index is 0.0321. The Kier molecular flexibility index (Phi) is 5.53. The highest BCUT2D eigenvalue weighted by Crippen LogP contribution is 2.25. The van der Waals surface area contributed by atoms with Gasteiger partial charge in [0.05, 0.1) is 0 Å². The second-order valence-corrected chi connectivity index (χ2v) is 7.63. The number of anilines is 2. The van der Waals surface area contributed by atoms with E-state index in [0.29, 0.717) is 29.9 Å². The fourth-order valence-electron chi connectivity index (χ4n) is 3.72. The summed E-state index contributed by atoms with van der Waals surface area (Å²) in [5.74, 6) is -0.219. The molecule has 0 saturated heterocycles. The summed E-state index contributed by atoms with van der Waals surface area (Å²) in [6, 6.07) is 22.7. The zero-order chi connectivity index (χ0) is 21.1. The molecule has 2 amide bonds. The molecule has 1 N–H and O–H groups in total. The topological polar surface area (TPSA) is 52.7 Å². The maximum atomic E-state index is 13.3. The first kappa shape index (κ1) is 19.7. The third-order valence-electron chi connectivity index (χ3n) is 5.53. The van der Waals surface area contributed by atoms with Crippen LogP contribution in [0.25, 0.3) is 0 Å². The molecular formula is C25H25N3O2. The number of amides is 2. The van der Waals surface area contributed by atoms with Gasteiger partial charge >= 0.3 is 0 Å². The average Bonchev–Trinajstić information content (AvgIpc) is 2.94. The molecule has 3 aromatic rings. The Morgan fingerprint density at radius 2 is 1.60 bits per heavy atom. The van der Waals surface area contributed by atoms with Crippen LogP contribution in [0.2, 0.25) is 0 Å². The maximum absolute atomic E-state index is 13.3. The summed E-state index contributed by atoms with van der Waals surface area (Å²) in [5.41, 5.74) is 5.02. The van der Waals surface area contributed by atoms with E-state index in [9.17, 15) is 9.59 Å². The molecular weight excluding hydrogens is 374 g/mol. The fraction of sp³-hybridized carbons (Fsp3) is 0.200. The molecule has 5 nitrogen and oxygen atoms in total. The van der Waals surface area contributed by atoms with Gasteiger partial charge in [0.15, 0.2) is 0 Å². The van der Waals surface area contributed by atoms with Crippen LogP contribution in [-0.4, -0.2) is 36.9 Å². The third-order valence-corrected chi connectivity index (χ3v) is 5.53. The van der Waals surface area contributed by atoms with Gasteiger partial charge in [0.25, 0.3) is 11.8 Å². The first-order chi connectivity index (χ1) is 14.5. The van der Waals surface area contributed by atoms with Crippen molar-refractivity contribution in [3.05, 3.63) is 95.1 Å². The summed E-state index contributed by atoms with van der Waals surface area (Å²) in [7, 11) is 2.05. The Morgan fingerprint density at radius 3 is 2.40 bits per heavy atom. The molecule has 1 aliphatic rings. The Balaban J connectivity index is 1.56. The molecule has 1 aliphatic heterocycles. The number of benzene rings is 3. The molecule has 0 aromatic heterocycles. The summed E-state index contributed by atoms with van der Waals surface area (Å²) in [4.78, 5) is 29.9. The quantitative estimate of drug-likeness (QED) is 0.713. The van der Waals surface area contributed by atoms with E-state index in [1.165, 1.54) is 0 Å². The second-order valence-electron chi connectivity index (χ2n) is 7.63. The van der Waals surface area contributed by atoms with Crippen molar-refractivity contribution in [2.45, 2.75) is 13.5 Å². The number of likely N-dealkylation sites (N-methyl/N-ethyl adjacent to an activating group) is 1. The van der Waals surface area contributed by atoms with E-state index in [2.05, 4.69) is 29.4 Å². The molecule has 152 valence electrons. The lowest BCUT2D eigenvalue weighted by Crippen LogP contribution is -2.34. The Labute approximate surface area is 176 Å². The minimum atomic E-state index is -0.186. The van der Waals surface area contributed by atoms with Crippen molar-refractivity contribution in [3.63, 3.8) is 0 Å². The van der Waals surface area contributed by atoms with Crippen molar-refractivity contribution in [2.24, 2.45) is 0 Å². The molecule has 0 fully saturated rings. The Morgan fingerprint density at radius 1 is 0.867 bits per heavy atom. The average molecular weight is 399 g/mol. The van der Waals surface area contributed by atoms with Gasteiger partial charge < -0.3 is 15.1 Å². The standard InChI is InChI=1S/C25H25N3O2/c1-18-12-13-20(16-22(18)26-24(29)19-8-4-3-5-9-19)25(30)28-15-14-27(2)23-11-7-6-10-21(23)17-28/h3-13,16H,14-15,17H2,1-2H3,(H,26,29). The number of fused-ring (bicyclic) bond motifs is 1. The fourth-order valence-corrected chi connectivity index (χ4v) is 3.72. The maximum Gasteiger partial charge on any atom is 0.255 e. The van der Waals surface area contributed by atoms with Crippen molar-refractivity contribution in [1.29, 1.82) is 0 Å². The van der Waals surface area contributed by atoms with Gasteiger partial charge in [-0.05, 0) is 48.4 Å². The molecule has 0 radical (unpaired) electrons. The van der Waals surface area contributed by atoms with E-state index in [4.69, 9.17) is 0 Å². The lowest BCUT2D eigenvalue weighted by Gasteiger charge is -2.22. The molecule has 3 aromatic carbocycles. The number of nitrogens with one attached hydrogen (secondary N) is 1. The van der Waals surface area contributed by atoms with Crippen molar-refractivity contribution in [3.8, 4) is 0 Å². The molecule has 30 heavy (non-hydrogen) atoms. The molecule has 0 spiro atoms. The number of aryl methyl sites for hydroxylation is 1. The van der Waals surface area contributed by atoms with Crippen LogP contribution in [-0.2, 0) is 6.54 Å². The summed E-state index contributed by atoms with van der Waals surface area (Å²) in [6.07, 6.45) is 0. The smallest absolute Gasteiger partial charge is 0.255 e. The number of hydrogen-bond donors (Lipinski definition) is 1. The molecule has 1 heterocycles. The van der Waals surface area contributed by atoms with Crippen LogP contribution in [0.4, 0.5) is 11.4 Å². The van der Waals surface area contributed by atoms with Crippen LogP contribution in [0.3, 0.4) is 0 Å². The highest BCUT2D eigenvalue weighted by molar-refractivity contribution is 6.05. The van der Waals surface area contributed by atoms with Gasteiger partial charge in [-0.1, -0.05) is 42.5 Å².